The van der Waals surface area contributed by atoms with E-state index in [0.717, 1.165) is 50.2 Å². The fourth-order valence-corrected chi connectivity index (χ4v) is 4.15. The minimum atomic E-state index is -4.58. The van der Waals surface area contributed by atoms with E-state index in [1.54, 1.807) is 0 Å². The molecule has 0 saturated carbocycles. The summed E-state index contributed by atoms with van der Waals surface area (Å²) in [6, 6.07) is 3.10. The zero-order valence-corrected chi connectivity index (χ0v) is 21.4. The van der Waals surface area contributed by atoms with Crippen LogP contribution < -0.4 is 16.0 Å². The quantitative estimate of drug-likeness (QED) is 0.269. The lowest BCUT2D eigenvalue weighted by Crippen LogP contribution is -2.39. The summed E-state index contributed by atoms with van der Waals surface area (Å²) in [5, 5.41) is 18.3. The molecule has 3 heterocycles. The summed E-state index contributed by atoms with van der Waals surface area (Å²) in [4.78, 5) is 37.0. The second-order valence-corrected chi connectivity index (χ2v) is 9.24. The summed E-state index contributed by atoms with van der Waals surface area (Å²) >= 11 is 0. The molecule has 0 bridgehead atoms. The van der Waals surface area contributed by atoms with Gasteiger partial charge in [0.2, 0.25) is 11.9 Å². The lowest BCUT2D eigenvalue weighted by atomic mass is 10.1. The van der Waals surface area contributed by atoms with Gasteiger partial charge >= 0.3 is 12.1 Å². The number of nitrogens with one attached hydrogen (secondary N) is 3. The Labute approximate surface area is 219 Å². The number of rotatable bonds is 14. The van der Waals surface area contributed by atoms with Crippen molar-refractivity contribution >= 4 is 23.6 Å². The van der Waals surface area contributed by atoms with Gasteiger partial charge in [-0.3, -0.25) is 4.79 Å². The van der Waals surface area contributed by atoms with E-state index < -0.39 is 23.8 Å². The van der Waals surface area contributed by atoms with Gasteiger partial charge < -0.3 is 26.0 Å². The lowest BCUT2D eigenvalue weighted by Gasteiger charge is -2.24. The molecule has 4 N–H and O–H groups in total. The van der Waals surface area contributed by atoms with Crippen LogP contribution in [0.1, 0.15) is 49.4 Å². The maximum atomic E-state index is 12.7. The number of carboxylic acids is 1. The first-order valence-electron chi connectivity index (χ1n) is 12.7. The molecular formula is C25H34F3N7O3. The third-order valence-corrected chi connectivity index (χ3v) is 6.23. The number of hydrogen-bond donors (Lipinski definition) is 4. The van der Waals surface area contributed by atoms with Crippen LogP contribution in [-0.2, 0) is 28.6 Å². The average Bonchev–Trinajstić information content (AvgIpc) is 2.87. The lowest BCUT2D eigenvalue weighted by molar-refractivity contribution is -0.139. The van der Waals surface area contributed by atoms with E-state index >= 15 is 0 Å². The van der Waals surface area contributed by atoms with Crippen molar-refractivity contribution in [2.75, 3.05) is 43.4 Å². The molecule has 1 aliphatic heterocycles. The molecule has 208 valence electrons. The highest BCUT2D eigenvalue weighted by Gasteiger charge is 2.31. The summed E-state index contributed by atoms with van der Waals surface area (Å²) in [5.74, 6) is -0.541. The normalized spacial score (nSPS) is 13.9. The number of hydrogen-bond acceptors (Lipinski definition) is 8. The summed E-state index contributed by atoms with van der Waals surface area (Å²) < 4.78 is 38.2. The van der Waals surface area contributed by atoms with Crippen molar-refractivity contribution in [1.29, 1.82) is 0 Å². The largest absolute Gasteiger partial charge is 0.480 e. The molecule has 2 aromatic rings. The molecule has 0 radical (unpaired) electrons. The number of amides is 1. The van der Waals surface area contributed by atoms with Crippen LogP contribution in [0.3, 0.4) is 0 Å². The number of aliphatic carboxylic acids is 1. The standard InChI is InChI=1S/C25H34F3N7O3/c1-17(36)29-11-14-35(12-3-2-6-20-8-7-18-5-4-10-30-22(18)33-20)13-9-21(23(37)38)34-24-31-15-19(16-32-24)25(26,27)28/h7-8,15-16,21H,2-6,9-14H2,1H3,(H,29,36)(H,30,33)(H,37,38)(H,31,32,34)/t21-/m0/s1. The molecular weight excluding hydrogens is 503 g/mol. The fraction of sp³-hybridized carbons (Fsp3) is 0.560. The molecule has 0 unspecified atom stereocenters. The number of unbranched alkanes of at least 4 members (excludes halogenated alkanes) is 1. The van der Waals surface area contributed by atoms with Crippen molar-refractivity contribution in [1.82, 2.24) is 25.2 Å². The van der Waals surface area contributed by atoms with Crippen molar-refractivity contribution < 1.29 is 27.9 Å². The number of carbonyl (C=O) groups excluding carboxylic acids is 1. The van der Waals surface area contributed by atoms with Gasteiger partial charge in [0.05, 0.1) is 5.56 Å². The number of pyridine rings is 1. The zero-order chi connectivity index (χ0) is 27.5. The predicted octanol–water partition coefficient (Wildman–Crippen LogP) is 2.96. The molecule has 0 spiro atoms. The Morgan fingerprint density at radius 3 is 2.61 bits per heavy atom. The Bertz CT molecular complexity index is 1070. The van der Waals surface area contributed by atoms with Crippen molar-refractivity contribution in [2.24, 2.45) is 0 Å². The minimum Gasteiger partial charge on any atom is -0.480 e. The van der Waals surface area contributed by atoms with Gasteiger partial charge in [0.25, 0.3) is 0 Å². The summed E-state index contributed by atoms with van der Waals surface area (Å²) in [5.41, 5.74) is 1.25. The number of anilines is 2. The van der Waals surface area contributed by atoms with Gasteiger partial charge in [0.15, 0.2) is 0 Å². The number of aryl methyl sites for hydroxylation is 2. The molecule has 1 atom stereocenters. The fourth-order valence-electron chi connectivity index (χ4n) is 4.15. The second kappa shape index (κ2) is 13.9. The molecule has 1 aliphatic rings. The topological polar surface area (TPSA) is 132 Å². The molecule has 0 saturated heterocycles. The zero-order valence-electron chi connectivity index (χ0n) is 21.4. The maximum Gasteiger partial charge on any atom is 0.419 e. The molecule has 2 aromatic heterocycles. The number of carbonyl (C=O) groups is 2. The van der Waals surface area contributed by atoms with E-state index in [1.807, 2.05) is 0 Å². The Balaban J connectivity index is 1.51. The Morgan fingerprint density at radius 1 is 1.16 bits per heavy atom. The molecule has 3 rings (SSSR count). The molecule has 1 amide bonds. The number of aromatic nitrogens is 3. The molecule has 0 aromatic carbocycles. The van der Waals surface area contributed by atoms with Gasteiger partial charge in [-0.05, 0) is 56.7 Å². The van der Waals surface area contributed by atoms with Crippen LogP contribution in [-0.4, -0.2) is 75.6 Å². The predicted molar refractivity (Wildman–Crippen MR) is 136 cm³/mol. The minimum absolute atomic E-state index is 0.151. The first-order chi connectivity index (χ1) is 18.1. The van der Waals surface area contributed by atoms with E-state index in [4.69, 9.17) is 4.98 Å². The van der Waals surface area contributed by atoms with Crippen LogP contribution in [0.2, 0.25) is 0 Å². The van der Waals surface area contributed by atoms with Crippen LogP contribution in [0.4, 0.5) is 24.9 Å². The smallest absolute Gasteiger partial charge is 0.419 e. The number of halogens is 3. The van der Waals surface area contributed by atoms with E-state index in [-0.39, 0.29) is 18.3 Å². The highest BCUT2D eigenvalue weighted by molar-refractivity contribution is 5.76. The van der Waals surface area contributed by atoms with Crippen LogP contribution >= 0.6 is 0 Å². The third kappa shape index (κ3) is 9.43. The Morgan fingerprint density at radius 2 is 1.92 bits per heavy atom. The Hall–Kier alpha value is -3.48. The van der Waals surface area contributed by atoms with Gasteiger partial charge in [-0.1, -0.05) is 6.07 Å². The number of nitrogens with zero attached hydrogens (tertiary/aromatic N) is 4. The summed E-state index contributed by atoms with van der Waals surface area (Å²) in [7, 11) is 0. The van der Waals surface area contributed by atoms with Gasteiger partial charge in [-0.25, -0.2) is 19.7 Å². The average molecular weight is 538 g/mol. The van der Waals surface area contributed by atoms with Gasteiger partial charge in [0.1, 0.15) is 11.9 Å². The number of alkyl halides is 3. The Kier molecular flexibility index (Phi) is 10.6. The highest BCUT2D eigenvalue weighted by Crippen LogP contribution is 2.28. The highest BCUT2D eigenvalue weighted by atomic mass is 19.4. The second-order valence-electron chi connectivity index (χ2n) is 9.24. The molecule has 38 heavy (non-hydrogen) atoms. The van der Waals surface area contributed by atoms with Gasteiger partial charge in [-0.15, -0.1) is 0 Å². The van der Waals surface area contributed by atoms with Gasteiger partial charge in [0, 0.05) is 51.2 Å². The van der Waals surface area contributed by atoms with Crippen molar-refractivity contribution in [2.45, 2.75) is 57.7 Å². The monoisotopic (exact) mass is 537 g/mol. The third-order valence-electron chi connectivity index (χ3n) is 6.23. The summed E-state index contributed by atoms with van der Waals surface area (Å²) in [6.45, 7) is 4.39. The first kappa shape index (κ1) is 29.1. The van der Waals surface area contributed by atoms with Crippen LogP contribution in [0.15, 0.2) is 24.5 Å². The molecule has 13 heteroatoms. The number of carboxylic acid groups (broad SMARTS) is 1. The van der Waals surface area contributed by atoms with E-state index in [9.17, 15) is 27.9 Å². The molecule has 0 fully saturated rings. The van der Waals surface area contributed by atoms with Crippen LogP contribution in [0.5, 0.6) is 0 Å². The molecule has 10 nitrogen and oxygen atoms in total. The first-order valence-corrected chi connectivity index (χ1v) is 12.7. The van der Waals surface area contributed by atoms with E-state index in [1.165, 1.54) is 12.5 Å². The SMILES string of the molecule is CC(=O)NCCN(CCCCc1ccc2c(n1)NCCC2)CC[C@H](Nc1ncc(C(F)(F)F)cn1)C(=O)O. The van der Waals surface area contributed by atoms with E-state index in [0.29, 0.717) is 38.6 Å². The molecule has 0 aliphatic carbocycles. The van der Waals surface area contributed by atoms with Crippen LogP contribution in [0, 0.1) is 0 Å². The van der Waals surface area contributed by atoms with Crippen molar-refractivity contribution in [3.05, 3.63) is 41.3 Å². The van der Waals surface area contributed by atoms with Gasteiger partial charge in [-0.2, -0.15) is 13.2 Å². The number of fused-ring (bicyclic) bond motifs is 1. The maximum absolute atomic E-state index is 12.7. The van der Waals surface area contributed by atoms with E-state index in [2.05, 4.69) is 43.0 Å². The summed E-state index contributed by atoms with van der Waals surface area (Å²) in [6.07, 6.45) is 1.52. The van der Waals surface area contributed by atoms with Crippen molar-refractivity contribution in [3.63, 3.8) is 0 Å². The van der Waals surface area contributed by atoms with Crippen LogP contribution in [0.25, 0.3) is 0 Å². The van der Waals surface area contributed by atoms with Crippen molar-refractivity contribution in [3.8, 4) is 0 Å².